The second-order valence-electron chi connectivity index (χ2n) is 6.43. The molecule has 0 unspecified atom stereocenters. The highest BCUT2D eigenvalue weighted by Gasteiger charge is 2.15. The van der Waals surface area contributed by atoms with E-state index in [1.165, 1.54) is 0 Å². The van der Waals surface area contributed by atoms with E-state index in [0.717, 1.165) is 11.1 Å². The van der Waals surface area contributed by atoms with Gasteiger partial charge in [-0.1, -0.05) is 59.6 Å². The van der Waals surface area contributed by atoms with Gasteiger partial charge in [-0.05, 0) is 49.2 Å². The van der Waals surface area contributed by atoms with Gasteiger partial charge in [0.15, 0.2) is 0 Å². The Morgan fingerprint density at radius 2 is 1.07 bits per heavy atom. The molecule has 0 heterocycles. The highest BCUT2D eigenvalue weighted by atomic mass is 35.5. The highest BCUT2D eigenvalue weighted by Crippen LogP contribution is 2.14. The summed E-state index contributed by atoms with van der Waals surface area (Å²) in [4.78, 5) is 24.2. The van der Waals surface area contributed by atoms with Crippen molar-refractivity contribution in [3.8, 4) is 0 Å². The summed E-state index contributed by atoms with van der Waals surface area (Å²) in [5.74, 6) is -1.68. The van der Waals surface area contributed by atoms with Crippen LogP contribution in [0.5, 0.6) is 0 Å². The minimum absolute atomic E-state index is 0.173. The van der Waals surface area contributed by atoms with Crippen LogP contribution in [0.4, 0.5) is 0 Å². The van der Waals surface area contributed by atoms with E-state index in [0.29, 0.717) is 10.0 Å². The van der Waals surface area contributed by atoms with Crippen LogP contribution in [-0.4, -0.2) is 11.9 Å². The van der Waals surface area contributed by atoms with Crippen LogP contribution >= 0.6 is 23.2 Å². The number of carbonyl (C=O) groups is 2. The van der Waals surface area contributed by atoms with E-state index < -0.39 is 11.8 Å². The highest BCUT2D eigenvalue weighted by molar-refractivity contribution is 6.30. The fraction of sp³-hybridized carbons (Fsp3) is 0.273. The van der Waals surface area contributed by atoms with E-state index in [1.807, 2.05) is 0 Å². The molecule has 148 valence electrons. The first-order valence-corrected chi connectivity index (χ1v) is 9.61. The lowest BCUT2D eigenvalue weighted by atomic mass is 10.1. The molecule has 2 aromatic carbocycles. The Kier molecular flexibility index (Phi) is 8.55. The van der Waals surface area contributed by atoms with Gasteiger partial charge < -0.3 is 9.47 Å². The summed E-state index contributed by atoms with van der Waals surface area (Å²) >= 11 is 11.6. The average Bonchev–Trinajstić information content (AvgIpc) is 2.70. The summed E-state index contributed by atoms with van der Waals surface area (Å²) in [6.07, 6.45) is 3.30. The van der Waals surface area contributed by atoms with E-state index in [9.17, 15) is 9.59 Å². The zero-order chi connectivity index (χ0) is 20.5. The number of benzene rings is 2. The summed E-state index contributed by atoms with van der Waals surface area (Å²) in [6.45, 7) is 3.78. The summed E-state index contributed by atoms with van der Waals surface area (Å²) in [7, 11) is 0. The molecule has 0 saturated carbocycles. The zero-order valence-electron chi connectivity index (χ0n) is 15.7. The maximum Gasteiger partial charge on any atom is 0.312 e. The molecule has 0 aliphatic carbocycles. The van der Waals surface area contributed by atoms with Crippen LogP contribution in [0.15, 0.2) is 60.7 Å². The van der Waals surface area contributed by atoms with Gasteiger partial charge in [-0.15, -0.1) is 0 Å². The van der Waals surface area contributed by atoms with Gasteiger partial charge in [0.25, 0.3) is 0 Å². The lowest BCUT2D eigenvalue weighted by Crippen LogP contribution is -2.15. The van der Waals surface area contributed by atoms with E-state index in [-0.39, 0.29) is 25.2 Å². The second-order valence-corrected chi connectivity index (χ2v) is 7.30. The Morgan fingerprint density at radius 3 is 1.39 bits per heavy atom. The minimum Gasteiger partial charge on any atom is -0.460 e. The fourth-order valence-corrected chi connectivity index (χ4v) is 2.48. The molecule has 0 bridgehead atoms. The maximum absolute atomic E-state index is 12.1. The summed E-state index contributed by atoms with van der Waals surface area (Å²) in [5.41, 5.74) is 1.71. The van der Waals surface area contributed by atoms with Gasteiger partial charge in [0.1, 0.15) is 13.2 Å². The summed E-state index contributed by atoms with van der Waals surface area (Å²) in [6, 6.07) is 14.2. The van der Waals surface area contributed by atoms with Crippen LogP contribution in [-0.2, 0) is 32.3 Å². The van der Waals surface area contributed by atoms with Crippen molar-refractivity contribution in [2.24, 2.45) is 11.8 Å². The Hall–Kier alpha value is -2.30. The van der Waals surface area contributed by atoms with Gasteiger partial charge in [0.05, 0.1) is 11.8 Å². The molecule has 0 aromatic heterocycles. The monoisotopic (exact) mass is 420 g/mol. The number of halogens is 2. The van der Waals surface area contributed by atoms with Crippen LogP contribution in [0.3, 0.4) is 0 Å². The first kappa shape index (κ1) is 22.0. The van der Waals surface area contributed by atoms with Crippen LogP contribution in [0.1, 0.15) is 25.0 Å². The molecule has 2 rings (SSSR count). The molecule has 0 amide bonds. The number of hydrogen-bond acceptors (Lipinski definition) is 4. The van der Waals surface area contributed by atoms with E-state index in [2.05, 4.69) is 0 Å². The molecule has 2 atom stereocenters. The smallest absolute Gasteiger partial charge is 0.312 e. The van der Waals surface area contributed by atoms with Crippen molar-refractivity contribution in [2.75, 3.05) is 0 Å². The molecule has 0 radical (unpaired) electrons. The van der Waals surface area contributed by atoms with E-state index in [4.69, 9.17) is 32.7 Å². The molecule has 0 spiro atoms. The number of hydrogen-bond donors (Lipinski definition) is 0. The SMILES string of the molecule is C[C@H](/C=C/[C@H](C)C(=O)OCc1ccc(Cl)cc1)C(=O)OCc1ccc(Cl)cc1. The Bertz CT molecular complexity index is 744. The Labute approximate surface area is 175 Å². The van der Waals surface area contributed by atoms with E-state index in [1.54, 1.807) is 74.5 Å². The van der Waals surface area contributed by atoms with Crippen LogP contribution < -0.4 is 0 Å². The predicted molar refractivity (Wildman–Crippen MR) is 110 cm³/mol. The molecule has 0 aliphatic heterocycles. The average molecular weight is 421 g/mol. The van der Waals surface area contributed by atoms with E-state index >= 15 is 0 Å². The van der Waals surface area contributed by atoms with Gasteiger partial charge in [0, 0.05) is 10.0 Å². The van der Waals surface area contributed by atoms with Gasteiger partial charge in [0.2, 0.25) is 0 Å². The van der Waals surface area contributed by atoms with Gasteiger partial charge in [-0.3, -0.25) is 9.59 Å². The quantitative estimate of drug-likeness (QED) is 0.411. The van der Waals surface area contributed by atoms with Crippen LogP contribution in [0, 0.1) is 11.8 Å². The molecule has 0 fully saturated rings. The second kappa shape index (κ2) is 10.9. The van der Waals surface area contributed by atoms with Crippen molar-refractivity contribution >= 4 is 35.1 Å². The number of carbonyl (C=O) groups excluding carboxylic acids is 2. The van der Waals surface area contributed by atoms with Gasteiger partial charge in [-0.2, -0.15) is 0 Å². The molecule has 0 saturated heterocycles. The van der Waals surface area contributed by atoms with Crippen molar-refractivity contribution in [3.05, 3.63) is 81.9 Å². The van der Waals surface area contributed by atoms with Gasteiger partial charge in [-0.25, -0.2) is 0 Å². The van der Waals surface area contributed by atoms with Crippen LogP contribution in [0.2, 0.25) is 10.0 Å². The minimum atomic E-state index is -0.473. The molecular formula is C22H22Cl2O4. The molecule has 0 N–H and O–H groups in total. The first-order chi connectivity index (χ1) is 13.3. The zero-order valence-corrected chi connectivity index (χ0v) is 17.2. The van der Waals surface area contributed by atoms with Crippen LogP contribution in [0.25, 0.3) is 0 Å². The van der Waals surface area contributed by atoms with Crippen molar-refractivity contribution in [2.45, 2.75) is 27.1 Å². The lowest BCUT2D eigenvalue weighted by Gasteiger charge is -2.10. The molecule has 6 heteroatoms. The lowest BCUT2D eigenvalue weighted by molar-refractivity contribution is -0.149. The summed E-state index contributed by atoms with van der Waals surface area (Å²) < 4.78 is 10.6. The Balaban J connectivity index is 1.76. The standard InChI is InChI=1S/C22H22Cl2O4/c1-15(21(25)27-13-17-5-9-19(23)10-6-17)3-4-16(2)22(26)28-14-18-7-11-20(24)12-8-18/h3-12,15-16H,13-14H2,1-2H3/b4-3+/t15-,16+. The number of rotatable bonds is 8. The largest absolute Gasteiger partial charge is 0.460 e. The Morgan fingerprint density at radius 1 is 0.750 bits per heavy atom. The molecule has 4 nitrogen and oxygen atoms in total. The van der Waals surface area contributed by atoms with Crippen molar-refractivity contribution < 1.29 is 19.1 Å². The third kappa shape index (κ3) is 7.37. The molecule has 2 aromatic rings. The summed E-state index contributed by atoms with van der Waals surface area (Å²) in [5, 5.41) is 1.26. The molecule has 28 heavy (non-hydrogen) atoms. The van der Waals surface area contributed by atoms with Crippen molar-refractivity contribution in [3.63, 3.8) is 0 Å². The fourth-order valence-electron chi connectivity index (χ4n) is 2.22. The van der Waals surface area contributed by atoms with Crippen molar-refractivity contribution in [1.82, 2.24) is 0 Å². The predicted octanol–water partition coefficient (Wildman–Crippen LogP) is 5.61. The normalized spacial score (nSPS) is 13.1. The van der Waals surface area contributed by atoms with Crippen molar-refractivity contribution in [1.29, 1.82) is 0 Å². The third-order valence-corrected chi connectivity index (χ3v) is 4.52. The first-order valence-electron chi connectivity index (χ1n) is 8.85. The van der Waals surface area contributed by atoms with Gasteiger partial charge >= 0.3 is 11.9 Å². The topological polar surface area (TPSA) is 52.6 Å². The number of esters is 2. The molecule has 0 aliphatic rings. The number of ether oxygens (including phenoxy) is 2. The molecular weight excluding hydrogens is 399 g/mol. The maximum atomic E-state index is 12.1. The third-order valence-electron chi connectivity index (χ3n) is 4.02.